The number of nitrogens with zero attached hydrogens (tertiary/aromatic N) is 2. The molecule has 0 aliphatic heterocycles. The van der Waals surface area contributed by atoms with E-state index in [9.17, 15) is 4.79 Å². The maximum atomic E-state index is 12.2. The molecule has 3 aromatic rings. The Labute approximate surface area is 132 Å². The van der Waals surface area contributed by atoms with Crippen LogP contribution >= 0.6 is 11.8 Å². The molecule has 0 fully saturated rings. The second kappa shape index (κ2) is 6.07. The zero-order valence-electron chi connectivity index (χ0n) is 11.9. The van der Waals surface area contributed by atoms with Gasteiger partial charge in [-0.25, -0.2) is 9.66 Å². The van der Waals surface area contributed by atoms with Crippen LogP contribution in [0, 0.1) is 0 Å². The molecule has 0 aliphatic rings. The molecule has 0 atom stereocenters. The molecule has 0 saturated heterocycles. The van der Waals surface area contributed by atoms with Crippen molar-refractivity contribution in [3.05, 3.63) is 76.6 Å². The number of fused-ring (bicyclic) bond motifs is 1. The highest BCUT2D eigenvalue weighted by Crippen LogP contribution is 2.21. The Hall–Kier alpha value is -2.53. The van der Waals surface area contributed by atoms with Crippen molar-refractivity contribution in [2.75, 3.05) is 5.84 Å². The van der Waals surface area contributed by atoms with Gasteiger partial charge in [-0.15, -0.1) is 0 Å². The zero-order valence-corrected chi connectivity index (χ0v) is 12.7. The molecule has 0 unspecified atom stereocenters. The van der Waals surface area contributed by atoms with Gasteiger partial charge in [-0.05, 0) is 23.3 Å². The first-order valence-corrected chi connectivity index (χ1v) is 7.78. The summed E-state index contributed by atoms with van der Waals surface area (Å²) in [5, 5.41) is 1.04. The van der Waals surface area contributed by atoms with Gasteiger partial charge in [-0.1, -0.05) is 60.8 Å². The van der Waals surface area contributed by atoms with Crippen LogP contribution in [0.3, 0.4) is 0 Å². The first kappa shape index (κ1) is 14.4. The zero-order chi connectivity index (χ0) is 15.5. The first-order chi connectivity index (χ1) is 10.7. The van der Waals surface area contributed by atoms with Crippen LogP contribution in [-0.2, 0) is 5.75 Å². The summed E-state index contributed by atoms with van der Waals surface area (Å²) in [6.45, 7) is 3.73. The van der Waals surface area contributed by atoms with E-state index in [4.69, 9.17) is 5.84 Å². The van der Waals surface area contributed by atoms with Crippen molar-refractivity contribution in [3.8, 4) is 0 Å². The fraction of sp³-hybridized carbons (Fsp3) is 0.0588. The van der Waals surface area contributed by atoms with Crippen molar-refractivity contribution in [2.45, 2.75) is 10.9 Å². The average molecular weight is 309 g/mol. The molecule has 0 spiro atoms. The van der Waals surface area contributed by atoms with E-state index in [0.717, 1.165) is 15.8 Å². The molecule has 3 rings (SSSR count). The Balaban J connectivity index is 1.88. The van der Waals surface area contributed by atoms with Crippen molar-refractivity contribution in [3.63, 3.8) is 0 Å². The molecule has 0 saturated carbocycles. The van der Waals surface area contributed by atoms with E-state index < -0.39 is 0 Å². The Morgan fingerprint density at radius 2 is 1.91 bits per heavy atom. The molecular weight excluding hydrogens is 294 g/mol. The number of thioether (sulfide) groups is 1. The highest BCUT2D eigenvalue weighted by molar-refractivity contribution is 7.98. The lowest BCUT2D eigenvalue weighted by molar-refractivity contribution is 0.779. The topological polar surface area (TPSA) is 60.9 Å². The summed E-state index contributed by atoms with van der Waals surface area (Å²) in [7, 11) is 0. The van der Waals surface area contributed by atoms with Crippen molar-refractivity contribution in [2.24, 2.45) is 0 Å². The second-order valence-electron chi connectivity index (χ2n) is 4.82. The Morgan fingerprint density at radius 3 is 2.64 bits per heavy atom. The van der Waals surface area contributed by atoms with Crippen LogP contribution in [0.4, 0.5) is 0 Å². The first-order valence-electron chi connectivity index (χ1n) is 6.80. The van der Waals surface area contributed by atoms with Gasteiger partial charge in [0, 0.05) is 5.75 Å². The molecular formula is C17H15N3OS. The minimum Gasteiger partial charge on any atom is -0.334 e. The van der Waals surface area contributed by atoms with Gasteiger partial charge in [-0.2, -0.15) is 0 Å². The van der Waals surface area contributed by atoms with E-state index in [0.29, 0.717) is 21.8 Å². The largest absolute Gasteiger partial charge is 0.334 e. The van der Waals surface area contributed by atoms with Crippen molar-refractivity contribution >= 4 is 28.7 Å². The lowest BCUT2D eigenvalue weighted by Gasteiger charge is -2.08. The van der Waals surface area contributed by atoms with Gasteiger partial charge in [0.2, 0.25) is 0 Å². The van der Waals surface area contributed by atoms with Crippen LogP contribution in [0.2, 0.25) is 0 Å². The van der Waals surface area contributed by atoms with Crippen LogP contribution in [0.1, 0.15) is 11.1 Å². The van der Waals surface area contributed by atoms with Gasteiger partial charge in [0.1, 0.15) is 0 Å². The molecule has 22 heavy (non-hydrogen) atoms. The van der Waals surface area contributed by atoms with E-state index in [1.54, 1.807) is 18.2 Å². The molecule has 0 aliphatic carbocycles. The summed E-state index contributed by atoms with van der Waals surface area (Å²) in [5.74, 6) is 6.56. The Bertz CT molecular complexity index is 885. The standard InChI is InChI=1S/C17H15N3OS/c1-2-12-7-9-13(10-8-12)11-22-17-19-15-6-4-3-5-14(15)16(21)20(17)18/h2-10H,1,11,18H2. The lowest BCUT2D eigenvalue weighted by atomic mass is 10.1. The predicted octanol–water partition coefficient (Wildman–Crippen LogP) is 3.05. The van der Waals surface area contributed by atoms with Crippen LogP contribution in [0.15, 0.2) is 65.1 Å². The Kier molecular flexibility index (Phi) is 3.98. The summed E-state index contributed by atoms with van der Waals surface area (Å²) in [6.07, 6.45) is 1.80. The van der Waals surface area contributed by atoms with E-state index >= 15 is 0 Å². The molecule has 1 aromatic heterocycles. The molecule has 0 bridgehead atoms. The summed E-state index contributed by atoms with van der Waals surface area (Å²) in [6, 6.07) is 15.3. The van der Waals surface area contributed by atoms with Crippen LogP contribution < -0.4 is 11.4 Å². The third-order valence-electron chi connectivity index (χ3n) is 3.36. The highest BCUT2D eigenvalue weighted by Gasteiger charge is 2.09. The molecule has 2 aromatic carbocycles. The van der Waals surface area contributed by atoms with Crippen molar-refractivity contribution < 1.29 is 0 Å². The quantitative estimate of drug-likeness (QED) is 0.457. The minimum absolute atomic E-state index is 0.227. The smallest absolute Gasteiger partial charge is 0.280 e. The fourth-order valence-electron chi connectivity index (χ4n) is 2.13. The highest BCUT2D eigenvalue weighted by atomic mass is 32.2. The number of hydrogen-bond acceptors (Lipinski definition) is 4. The van der Waals surface area contributed by atoms with Gasteiger partial charge in [0.05, 0.1) is 10.9 Å². The van der Waals surface area contributed by atoms with Crippen LogP contribution in [-0.4, -0.2) is 9.66 Å². The fourth-order valence-corrected chi connectivity index (χ4v) is 3.00. The molecule has 2 N–H and O–H groups in total. The SMILES string of the molecule is C=Cc1ccc(CSc2nc3ccccc3c(=O)n2N)cc1. The lowest BCUT2D eigenvalue weighted by Crippen LogP contribution is -2.29. The van der Waals surface area contributed by atoms with Crippen LogP contribution in [0.5, 0.6) is 0 Å². The molecule has 110 valence electrons. The number of nitrogen functional groups attached to an aromatic ring is 1. The summed E-state index contributed by atoms with van der Waals surface area (Å²) < 4.78 is 1.12. The summed E-state index contributed by atoms with van der Waals surface area (Å²) in [4.78, 5) is 16.7. The minimum atomic E-state index is -0.227. The monoisotopic (exact) mass is 309 g/mol. The molecule has 5 heteroatoms. The molecule has 1 heterocycles. The van der Waals surface area contributed by atoms with E-state index in [1.165, 1.54) is 11.8 Å². The maximum absolute atomic E-state index is 12.2. The van der Waals surface area contributed by atoms with Gasteiger partial charge in [0.25, 0.3) is 5.56 Å². The van der Waals surface area contributed by atoms with E-state index in [-0.39, 0.29) is 5.56 Å². The molecule has 0 amide bonds. The molecule has 4 nitrogen and oxygen atoms in total. The number of benzene rings is 2. The third-order valence-corrected chi connectivity index (χ3v) is 4.38. The number of rotatable bonds is 4. The van der Waals surface area contributed by atoms with Gasteiger partial charge in [-0.3, -0.25) is 4.79 Å². The average Bonchev–Trinajstić information content (AvgIpc) is 2.57. The number of nitrogens with two attached hydrogens (primary N) is 1. The van der Waals surface area contributed by atoms with E-state index in [1.807, 2.05) is 36.4 Å². The molecule has 0 radical (unpaired) electrons. The van der Waals surface area contributed by atoms with Gasteiger partial charge >= 0.3 is 0 Å². The summed E-state index contributed by atoms with van der Waals surface area (Å²) >= 11 is 1.44. The normalized spacial score (nSPS) is 10.7. The second-order valence-corrected chi connectivity index (χ2v) is 5.76. The van der Waals surface area contributed by atoms with Gasteiger partial charge < -0.3 is 5.84 Å². The summed E-state index contributed by atoms with van der Waals surface area (Å²) in [5.41, 5.74) is 2.65. The van der Waals surface area contributed by atoms with Gasteiger partial charge in [0.15, 0.2) is 5.16 Å². The number of para-hydroxylation sites is 1. The van der Waals surface area contributed by atoms with Crippen molar-refractivity contribution in [1.29, 1.82) is 0 Å². The predicted molar refractivity (Wildman–Crippen MR) is 92.2 cm³/mol. The maximum Gasteiger partial charge on any atom is 0.280 e. The Morgan fingerprint density at radius 1 is 1.18 bits per heavy atom. The third kappa shape index (κ3) is 2.76. The van der Waals surface area contributed by atoms with Crippen molar-refractivity contribution in [1.82, 2.24) is 9.66 Å². The number of aromatic nitrogens is 2. The van der Waals surface area contributed by atoms with Crippen LogP contribution in [0.25, 0.3) is 17.0 Å². The van der Waals surface area contributed by atoms with E-state index in [2.05, 4.69) is 11.6 Å². The number of hydrogen-bond donors (Lipinski definition) is 1.